The lowest BCUT2D eigenvalue weighted by Gasteiger charge is -2.26. The second kappa shape index (κ2) is 9.85. The number of ether oxygens (including phenoxy) is 1. The Morgan fingerprint density at radius 2 is 1.60 bits per heavy atom. The quantitative estimate of drug-likeness (QED) is 0.299. The first kappa shape index (κ1) is 23.8. The SMILES string of the molecule is CCc1ccc(/C(O)=C2/C(=O)C(=O)N(c3ccc(CC(=O)O)cc3)C2c2cccc(OC)c2)cc1. The van der Waals surface area contributed by atoms with E-state index in [1.54, 1.807) is 60.7 Å². The van der Waals surface area contributed by atoms with E-state index in [0.717, 1.165) is 12.0 Å². The molecule has 7 nitrogen and oxygen atoms in total. The number of ketones is 1. The van der Waals surface area contributed by atoms with Gasteiger partial charge >= 0.3 is 5.97 Å². The molecule has 1 heterocycles. The predicted octanol–water partition coefficient (Wildman–Crippen LogP) is 4.51. The summed E-state index contributed by atoms with van der Waals surface area (Å²) in [7, 11) is 1.52. The standard InChI is InChI=1S/C28H25NO6/c1-3-17-7-11-19(12-8-17)26(32)24-25(20-5-4-6-22(16-20)35-2)29(28(34)27(24)33)21-13-9-18(10-14-21)15-23(30)31/h4-14,16,25,32H,3,15H2,1-2H3,(H,30,31)/b26-24-. The number of aliphatic carboxylic acids is 1. The molecule has 0 bridgehead atoms. The normalized spacial score (nSPS) is 17.0. The van der Waals surface area contributed by atoms with Crippen LogP contribution < -0.4 is 9.64 Å². The van der Waals surface area contributed by atoms with Gasteiger partial charge in [-0.25, -0.2) is 0 Å². The van der Waals surface area contributed by atoms with Gasteiger partial charge in [-0.1, -0.05) is 55.5 Å². The molecule has 1 saturated heterocycles. The molecule has 1 aliphatic rings. The molecule has 0 spiro atoms. The van der Waals surface area contributed by atoms with Crippen molar-refractivity contribution in [3.05, 3.63) is 101 Å². The van der Waals surface area contributed by atoms with Crippen molar-refractivity contribution in [1.29, 1.82) is 0 Å². The second-order valence-corrected chi connectivity index (χ2v) is 8.23. The van der Waals surface area contributed by atoms with Crippen molar-refractivity contribution in [1.82, 2.24) is 0 Å². The summed E-state index contributed by atoms with van der Waals surface area (Å²) in [6, 6.07) is 19.7. The number of nitrogens with zero attached hydrogens (tertiary/aromatic N) is 1. The Morgan fingerprint density at radius 1 is 0.943 bits per heavy atom. The van der Waals surface area contributed by atoms with Crippen molar-refractivity contribution in [2.24, 2.45) is 0 Å². The molecule has 1 fully saturated rings. The van der Waals surface area contributed by atoms with Gasteiger partial charge < -0.3 is 14.9 Å². The fraction of sp³-hybridized carbons (Fsp3) is 0.179. The Kier molecular flexibility index (Phi) is 6.68. The van der Waals surface area contributed by atoms with Crippen molar-refractivity contribution in [3.63, 3.8) is 0 Å². The summed E-state index contributed by atoms with van der Waals surface area (Å²) in [6.07, 6.45) is 0.666. The number of aliphatic hydroxyl groups excluding tert-OH is 1. The summed E-state index contributed by atoms with van der Waals surface area (Å²) >= 11 is 0. The number of anilines is 1. The zero-order valence-electron chi connectivity index (χ0n) is 19.4. The second-order valence-electron chi connectivity index (χ2n) is 8.23. The third-order valence-electron chi connectivity index (χ3n) is 6.06. The minimum atomic E-state index is -0.969. The van der Waals surface area contributed by atoms with Gasteiger partial charge in [-0.05, 0) is 47.4 Å². The number of Topliss-reactive ketones (excluding diaryl/α,β-unsaturated/α-hetero) is 1. The van der Waals surface area contributed by atoms with Crippen LogP contribution in [0.4, 0.5) is 5.69 Å². The molecule has 1 amide bonds. The van der Waals surface area contributed by atoms with Crippen LogP contribution >= 0.6 is 0 Å². The molecule has 0 saturated carbocycles. The fourth-order valence-corrected chi connectivity index (χ4v) is 4.23. The Balaban J connectivity index is 1.87. The summed E-state index contributed by atoms with van der Waals surface area (Å²) in [5.41, 5.74) is 3.05. The number of aryl methyl sites for hydroxylation is 1. The van der Waals surface area contributed by atoms with Crippen molar-refractivity contribution >= 4 is 29.1 Å². The van der Waals surface area contributed by atoms with Gasteiger partial charge in [0.15, 0.2) is 0 Å². The summed E-state index contributed by atoms with van der Waals surface area (Å²) in [5.74, 6) is -2.27. The van der Waals surface area contributed by atoms with Gasteiger partial charge in [-0.3, -0.25) is 19.3 Å². The van der Waals surface area contributed by atoms with E-state index in [1.807, 2.05) is 19.1 Å². The highest BCUT2D eigenvalue weighted by Gasteiger charge is 2.47. The van der Waals surface area contributed by atoms with Gasteiger partial charge in [0.1, 0.15) is 11.5 Å². The average Bonchev–Trinajstić information content (AvgIpc) is 3.14. The van der Waals surface area contributed by atoms with E-state index in [4.69, 9.17) is 9.84 Å². The topological polar surface area (TPSA) is 104 Å². The highest BCUT2D eigenvalue weighted by Crippen LogP contribution is 2.42. The van der Waals surface area contributed by atoms with Gasteiger partial charge in [-0.15, -0.1) is 0 Å². The maximum Gasteiger partial charge on any atom is 0.307 e. The van der Waals surface area contributed by atoms with Crippen LogP contribution in [0, 0.1) is 0 Å². The van der Waals surface area contributed by atoms with Gasteiger partial charge in [0.2, 0.25) is 0 Å². The smallest absolute Gasteiger partial charge is 0.307 e. The Morgan fingerprint density at radius 3 is 2.20 bits per heavy atom. The Labute approximate surface area is 202 Å². The van der Waals surface area contributed by atoms with E-state index < -0.39 is 23.7 Å². The number of hydrogen-bond acceptors (Lipinski definition) is 5. The van der Waals surface area contributed by atoms with Crippen molar-refractivity contribution in [2.75, 3.05) is 12.0 Å². The highest BCUT2D eigenvalue weighted by molar-refractivity contribution is 6.51. The van der Waals surface area contributed by atoms with Crippen molar-refractivity contribution < 1.29 is 29.3 Å². The molecule has 1 unspecified atom stereocenters. The van der Waals surface area contributed by atoms with Gasteiger partial charge in [0, 0.05) is 11.3 Å². The molecule has 2 N–H and O–H groups in total. The zero-order chi connectivity index (χ0) is 25.1. The number of benzene rings is 3. The van der Waals surface area contributed by atoms with Crippen LogP contribution in [0.15, 0.2) is 78.4 Å². The lowest BCUT2D eigenvalue weighted by Crippen LogP contribution is -2.29. The molecule has 1 aliphatic heterocycles. The van der Waals surface area contributed by atoms with Gasteiger partial charge in [0.25, 0.3) is 11.7 Å². The number of amides is 1. The Bertz CT molecular complexity index is 1310. The molecule has 35 heavy (non-hydrogen) atoms. The maximum absolute atomic E-state index is 13.3. The number of aliphatic hydroxyl groups is 1. The molecule has 3 aromatic carbocycles. The number of hydrogen-bond donors (Lipinski definition) is 2. The fourth-order valence-electron chi connectivity index (χ4n) is 4.23. The molecule has 0 radical (unpaired) electrons. The number of rotatable bonds is 7. The molecule has 0 aromatic heterocycles. The number of carboxylic acids is 1. The molecule has 1 atom stereocenters. The summed E-state index contributed by atoms with van der Waals surface area (Å²) in [5, 5.41) is 20.3. The van der Waals surface area contributed by atoms with Crippen LogP contribution in [0.1, 0.15) is 35.2 Å². The van der Waals surface area contributed by atoms with Crippen molar-refractivity contribution in [3.8, 4) is 5.75 Å². The summed E-state index contributed by atoms with van der Waals surface area (Å²) in [4.78, 5) is 38.9. The molecule has 4 rings (SSSR count). The number of carbonyl (C=O) groups excluding carboxylic acids is 2. The number of methoxy groups -OCH3 is 1. The van der Waals surface area contributed by atoms with E-state index in [0.29, 0.717) is 28.1 Å². The first-order valence-electron chi connectivity index (χ1n) is 11.2. The minimum absolute atomic E-state index is 0.0258. The lowest BCUT2D eigenvalue weighted by atomic mass is 9.94. The van der Waals surface area contributed by atoms with Crippen LogP contribution in [0.5, 0.6) is 5.75 Å². The van der Waals surface area contributed by atoms with Crippen LogP contribution in [0.3, 0.4) is 0 Å². The molecule has 0 aliphatic carbocycles. The van der Waals surface area contributed by atoms with Crippen LogP contribution in [0.2, 0.25) is 0 Å². The first-order valence-corrected chi connectivity index (χ1v) is 11.2. The summed E-state index contributed by atoms with van der Waals surface area (Å²) in [6.45, 7) is 2.02. The van der Waals surface area contributed by atoms with E-state index in [1.165, 1.54) is 12.0 Å². The Hall–Kier alpha value is -4.39. The van der Waals surface area contributed by atoms with E-state index in [9.17, 15) is 19.5 Å². The molecular formula is C28H25NO6. The largest absolute Gasteiger partial charge is 0.507 e. The molecule has 3 aromatic rings. The maximum atomic E-state index is 13.3. The number of carbonyl (C=O) groups is 3. The van der Waals surface area contributed by atoms with E-state index >= 15 is 0 Å². The van der Waals surface area contributed by atoms with Gasteiger partial charge in [-0.2, -0.15) is 0 Å². The predicted molar refractivity (Wildman–Crippen MR) is 131 cm³/mol. The first-order chi connectivity index (χ1) is 16.8. The average molecular weight is 472 g/mol. The minimum Gasteiger partial charge on any atom is -0.507 e. The molecule has 178 valence electrons. The molecule has 7 heteroatoms. The van der Waals surface area contributed by atoms with Crippen LogP contribution in [-0.4, -0.2) is 35.0 Å². The highest BCUT2D eigenvalue weighted by atomic mass is 16.5. The third kappa shape index (κ3) is 4.66. The van der Waals surface area contributed by atoms with Crippen LogP contribution in [0.25, 0.3) is 5.76 Å². The van der Waals surface area contributed by atoms with E-state index in [2.05, 4.69) is 0 Å². The lowest BCUT2D eigenvalue weighted by molar-refractivity contribution is -0.136. The van der Waals surface area contributed by atoms with Crippen LogP contribution in [-0.2, 0) is 27.2 Å². The van der Waals surface area contributed by atoms with Gasteiger partial charge in [0.05, 0.1) is 25.1 Å². The zero-order valence-corrected chi connectivity index (χ0v) is 19.4. The number of carboxylic acid groups (broad SMARTS) is 1. The third-order valence-corrected chi connectivity index (χ3v) is 6.06. The monoisotopic (exact) mass is 471 g/mol. The summed E-state index contributed by atoms with van der Waals surface area (Å²) < 4.78 is 5.35. The van der Waals surface area contributed by atoms with Crippen molar-refractivity contribution in [2.45, 2.75) is 25.8 Å². The molecular weight excluding hydrogens is 446 g/mol. The van der Waals surface area contributed by atoms with E-state index in [-0.39, 0.29) is 17.8 Å².